The van der Waals surface area contributed by atoms with Crippen molar-refractivity contribution in [3.63, 3.8) is 0 Å². The standard InChI is InChI=1S/C24H26N2O2S/c1-19-6-5-9-22(14-19)28-17-21-15-23(29-18-21)24(27)26-12-10-25(11-13-26)16-20-7-3-2-4-8-20/h2-9,14-15,18H,10-13,16-17H2,1H3. The van der Waals surface area contributed by atoms with Gasteiger partial charge in [-0.3, -0.25) is 9.69 Å². The summed E-state index contributed by atoms with van der Waals surface area (Å²) < 4.78 is 5.86. The Balaban J connectivity index is 1.28. The molecule has 1 aromatic heterocycles. The minimum absolute atomic E-state index is 0.135. The van der Waals surface area contributed by atoms with Crippen LogP contribution in [0.3, 0.4) is 0 Å². The fourth-order valence-electron chi connectivity index (χ4n) is 3.54. The highest BCUT2D eigenvalue weighted by Gasteiger charge is 2.23. The number of benzene rings is 2. The topological polar surface area (TPSA) is 32.8 Å². The van der Waals surface area contributed by atoms with Gasteiger partial charge in [0.1, 0.15) is 12.4 Å². The van der Waals surface area contributed by atoms with Gasteiger partial charge >= 0.3 is 0 Å². The van der Waals surface area contributed by atoms with E-state index >= 15 is 0 Å². The third kappa shape index (κ3) is 5.25. The predicted molar refractivity (Wildman–Crippen MR) is 117 cm³/mol. The van der Waals surface area contributed by atoms with Gasteiger partial charge in [-0.05, 0) is 41.6 Å². The van der Waals surface area contributed by atoms with Gasteiger partial charge in [0, 0.05) is 38.3 Å². The Bertz CT molecular complexity index is 946. The molecule has 0 bridgehead atoms. The second-order valence-corrected chi connectivity index (χ2v) is 8.39. The second kappa shape index (κ2) is 9.25. The summed E-state index contributed by atoms with van der Waals surface area (Å²) in [5.41, 5.74) is 3.54. The molecule has 0 aliphatic carbocycles. The molecule has 0 atom stereocenters. The maximum Gasteiger partial charge on any atom is 0.264 e. The SMILES string of the molecule is Cc1cccc(OCc2csc(C(=O)N3CCN(Cc4ccccc4)CC3)c2)c1. The molecule has 0 unspecified atom stereocenters. The number of thiophene rings is 1. The van der Waals surface area contributed by atoms with Crippen LogP contribution in [0.25, 0.3) is 0 Å². The van der Waals surface area contributed by atoms with E-state index in [1.807, 2.05) is 53.6 Å². The lowest BCUT2D eigenvalue weighted by molar-refractivity contribution is 0.0633. The molecular weight excluding hydrogens is 380 g/mol. The van der Waals surface area contributed by atoms with Gasteiger partial charge in [-0.25, -0.2) is 0 Å². The summed E-state index contributed by atoms with van der Waals surface area (Å²) in [5.74, 6) is 0.995. The zero-order valence-electron chi connectivity index (χ0n) is 16.7. The van der Waals surface area contributed by atoms with Crippen LogP contribution in [0.1, 0.15) is 26.4 Å². The molecule has 0 radical (unpaired) electrons. The number of ether oxygens (including phenoxy) is 1. The molecule has 3 aromatic rings. The molecule has 4 nitrogen and oxygen atoms in total. The molecule has 0 spiro atoms. The van der Waals surface area contributed by atoms with Crippen molar-refractivity contribution in [1.29, 1.82) is 0 Å². The van der Waals surface area contributed by atoms with E-state index in [1.54, 1.807) is 0 Å². The zero-order valence-corrected chi connectivity index (χ0v) is 17.5. The third-order valence-corrected chi connectivity index (χ3v) is 6.14. The van der Waals surface area contributed by atoms with Crippen molar-refractivity contribution in [2.75, 3.05) is 26.2 Å². The van der Waals surface area contributed by atoms with Crippen molar-refractivity contribution in [3.8, 4) is 5.75 Å². The highest BCUT2D eigenvalue weighted by molar-refractivity contribution is 7.12. The first-order valence-electron chi connectivity index (χ1n) is 10.00. The van der Waals surface area contributed by atoms with E-state index in [4.69, 9.17) is 4.74 Å². The highest BCUT2D eigenvalue weighted by atomic mass is 32.1. The second-order valence-electron chi connectivity index (χ2n) is 7.48. The molecule has 4 rings (SSSR count). The lowest BCUT2D eigenvalue weighted by atomic mass is 10.2. The first-order valence-corrected chi connectivity index (χ1v) is 10.9. The zero-order chi connectivity index (χ0) is 20.1. The van der Waals surface area contributed by atoms with Crippen molar-refractivity contribution < 1.29 is 9.53 Å². The van der Waals surface area contributed by atoms with E-state index in [0.717, 1.165) is 48.9 Å². The number of amides is 1. The van der Waals surface area contributed by atoms with Crippen LogP contribution in [0.15, 0.2) is 66.0 Å². The van der Waals surface area contributed by atoms with E-state index in [1.165, 1.54) is 22.5 Å². The Morgan fingerprint density at radius 1 is 0.966 bits per heavy atom. The molecule has 5 heteroatoms. The fourth-order valence-corrected chi connectivity index (χ4v) is 4.41. The number of carbonyl (C=O) groups is 1. The van der Waals surface area contributed by atoms with Crippen molar-refractivity contribution >= 4 is 17.2 Å². The lowest BCUT2D eigenvalue weighted by Gasteiger charge is -2.34. The number of piperazine rings is 1. The van der Waals surface area contributed by atoms with Crippen molar-refractivity contribution in [1.82, 2.24) is 9.80 Å². The van der Waals surface area contributed by atoms with Crippen molar-refractivity contribution in [2.45, 2.75) is 20.1 Å². The number of hydrogen-bond acceptors (Lipinski definition) is 4. The number of rotatable bonds is 6. The molecule has 150 valence electrons. The summed E-state index contributed by atoms with van der Waals surface area (Å²) in [6, 6.07) is 20.5. The van der Waals surface area contributed by atoms with Gasteiger partial charge in [-0.15, -0.1) is 11.3 Å². The van der Waals surface area contributed by atoms with E-state index in [0.29, 0.717) is 6.61 Å². The normalized spacial score (nSPS) is 14.7. The Labute approximate surface area is 176 Å². The van der Waals surface area contributed by atoms with E-state index in [9.17, 15) is 4.79 Å². The van der Waals surface area contributed by atoms with Gasteiger partial charge < -0.3 is 9.64 Å². The fraction of sp³-hybridized carbons (Fsp3) is 0.292. The Hall–Kier alpha value is -2.63. The largest absolute Gasteiger partial charge is 0.489 e. The van der Waals surface area contributed by atoms with Crippen LogP contribution in [0, 0.1) is 6.92 Å². The number of hydrogen-bond donors (Lipinski definition) is 0. The Morgan fingerprint density at radius 2 is 1.76 bits per heavy atom. The third-order valence-electron chi connectivity index (χ3n) is 5.17. The first kappa shape index (κ1) is 19.7. The summed E-state index contributed by atoms with van der Waals surface area (Å²) in [4.78, 5) is 18.1. The molecule has 1 fully saturated rings. The van der Waals surface area contributed by atoms with Crippen LogP contribution in [0.4, 0.5) is 0 Å². The molecule has 2 heterocycles. The van der Waals surface area contributed by atoms with Gasteiger partial charge in [0.05, 0.1) is 4.88 Å². The van der Waals surface area contributed by atoms with Crippen LogP contribution >= 0.6 is 11.3 Å². The monoisotopic (exact) mass is 406 g/mol. The van der Waals surface area contributed by atoms with Gasteiger partial charge in [-0.2, -0.15) is 0 Å². The number of carbonyl (C=O) groups excluding carboxylic acids is 1. The van der Waals surface area contributed by atoms with E-state index in [-0.39, 0.29) is 5.91 Å². The Morgan fingerprint density at radius 3 is 2.52 bits per heavy atom. The smallest absolute Gasteiger partial charge is 0.264 e. The van der Waals surface area contributed by atoms with Crippen LogP contribution in [-0.2, 0) is 13.2 Å². The molecule has 1 aliphatic heterocycles. The molecule has 1 aliphatic rings. The Kier molecular flexibility index (Phi) is 6.27. The molecular formula is C24H26N2O2S. The number of aryl methyl sites for hydroxylation is 1. The summed E-state index contributed by atoms with van der Waals surface area (Å²) >= 11 is 1.51. The number of nitrogens with zero attached hydrogens (tertiary/aromatic N) is 2. The van der Waals surface area contributed by atoms with Crippen molar-refractivity contribution in [2.24, 2.45) is 0 Å². The summed E-state index contributed by atoms with van der Waals surface area (Å²) in [5, 5.41) is 2.02. The maximum absolute atomic E-state index is 12.9. The molecule has 0 N–H and O–H groups in total. The highest BCUT2D eigenvalue weighted by Crippen LogP contribution is 2.21. The van der Waals surface area contributed by atoms with Crippen LogP contribution < -0.4 is 4.74 Å². The predicted octanol–water partition coefficient (Wildman–Crippen LogP) is 4.59. The van der Waals surface area contributed by atoms with Gasteiger partial charge in [-0.1, -0.05) is 42.5 Å². The average molecular weight is 407 g/mol. The molecule has 2 aromatic carbocycles. The summed E-state index contributed by atoms with van der Waals surface area (Å²) in [6.45, 7) is 6.86. The van der Waals surface area contributed by atoms with Crippen LogP contribution in [0.2, 0.25) is 0 Å². The molecule has 0 saturated carbocycles. The molecule has 29 heavy (non-hydrogen) atoms. The van der Waals surface area contributed by atoms with Gasteiger partial charge in [0.2, 0.25) is 0 Å². The lowest BCUT2D eigenvalue weighted by Crippen LogP contribution is -2.48. The maximum atomic E-state index is 12.9. The summed E-state index contributed by atoms with van der Waals surface area (Å²) in [7, 11) is 0. The van der Waals surface area contributed by atoms with Crippen LogP contribution in [0.5, 0.6) is 5.75 Å². The minimum atomic E-state index is 0.135. The van der Waals surface area contributed by atoms with E-state index in [2.05, 4.69) is 29.2 Å². The van der Waals surface area contributed by atoms with Crippen molar-refractivity contribution in [3.05, 3.63) is 87.6 Å². The van der Waals surface area contributed by atoms with Crippen LogP contribution in [-0.4, -0.2) is 41.9 Å². The van der Waals surface area contributed by atoms with Gasteiger partial charge in [0.15, 0.2) is 0 Å². The summed E-state index contributed by atoms with van der Waals surface area (Å²) in [6.07, 6.45) is 0. The van der Waals surface area contributed by atoms with Gasteiger partial charge in [0.25, 0.3) is 5.91 Å². The van der Waals surface area contributed by atoms with E-state index < -0.39 is 0 Å². The minimum Gasteiger partial charge on any atom is -0.489 e. The average Bonchev–Trinajstić information content (AvgIpc) is 3.22. The quantitative estimate of drug-likeness (QED) is 0.600. The molecule has 1 amide bonds. The molecule has 1 saturated heterocycles. The first-order chi connectivity index (χ1) is 14.2.